The van der Waals surface area contributed by atoms with Crippen molar-refractivity contribution in [2.45, 2.75) is 38.3 Å². The Morgan fingerprint density at radius 2 is 2.16 bits per heavy atom. The number of nitrogens with zero attached hydrogens (tertiary/aromatic N) is 3. The lowest BCUT2D eigenvalue weighted by Gasteiger charge is -2.25. The molecule has 0 radical (unpaired) electrons. The predicted octanol–water partition coefficient (Wildman–Crippen LogP) is 2.94. The normalized spacial score (nSPS) is 21.8. The number of aliphatic imine (C=N–C) groups is 1. The van der Waals surface area contributed by atoms with Gasteiger partial charge in [-0.1, -0.05) is 26.8 Å². The first-order valence-electron chi connectivity index (χ1n) is 10.4. The number of hydrogen-bond acceptors (Lipinski definition) is 7. The molecule has 31 heavy (non-hydrogen) atoms. The molecule has 166 valence electrons. The smallest absolute Gasteiger partial charge is 0.238 e. The summed E-state index contributed by atoms with van der Waals surface area (Å²) < 4.78 is 5.51. The summed E-state index contributed by atoms with van der Waals surface area (Å²) in [5.41, 5.74) is 1.02. The largest absolute Gasteiger partial charge is 0.478 e. The van der Waals surface area contributed by atoms with Crippen molar-refractivity contribution in [3.8, 4) is 6.07 Å². The number of rotatable bonds is 7. The average molecular weight is 444 g/mol. The molecule has 3 atom stereocenters. The van der Waals surface area contributed by atoms with Crippen molar-refractivity contribution in [2.75, 3.05) is 36.9 Å². The molecule has 2 N–H and O–H groups in total. The van der Waals surface area contributed by atoms with E-state index >= 15 is 0 Å². The van der Waals surface area contributed by atoms with Gasteiger partial charge in [-0.2, -0.15) is 5.26 Å². The summed E-state index contributed by atoms with van der Waals surface area (Å²) in [6, 6.07) is 9.70. The van der Waals surface area contributed by atoms with Crippen LogP contribution in [0.5, 0.6) is 0 Å². The Morgan fingerprint density at radius 3 is 2.77 bits per heavy atom. The van der Waals surface area contributed by atoms with Crippen LogP contribution < -0.4 is 10.6 Å². The van der Waals surface area contributed by atoms with Crippen LogP contribution in [0.15, 0.2) is 29.3 Å². The van der Waals surface area contributed by atoms with Crippen molar-refractivity contribution in [2.24, 2.45) is 16.3 Å². The minimum Gasteiger partial charge on any atom is -0.478 e. The molecular formula is C22H29N5O3S. The summed E-state index contributed by atoms with van der Waals surface area (Å²) >= 11 is 1.47. The number of hydrogen-bond donors (Lipinski definition) is 2. The molecule has 0 aliphatic carbocycles. The van der Waals surface area contributed by atoms with Gasteiger partial charge in [0.1, 0.15) is 17.2 Å². The molecule has 1 saturated heterocycles. The van der Waals surface area contributed by atoms with E-state index in [4.69, 9.17) is 4.74 Å². The van der Waals surface area contributed by atoms with E-state index in [9.17, 15) is 14.9 Å². The Bertz CT molecular complexity index is 905. The van der Waals surface area contributed by atoms with Gasteiger partial charge < -0.3 is 20.3 Å². The summed E-state index contributed by atoms with van der Waals surface area (Å²) in [7, 11) is 0. The highest BCUT2D eigenvalue weighted by atomic mass is 32.2. The zero-order valence-electron chi connectivity index (χ0n) is 18.3. The van der Waals surface area contributed by atoms with Gasteiger partial charge >= 0.3 is 0 Å². The fourth-order valence-corrected chi connectivity index (χ4v) is 4.86. The summed E-state index contributed by atoms with van der Waals surface area (Å²) in [6.45, 7) is 9.47. The lowest BCUT2D eigenvalue weighted by molar-refractivity contribution is -0.129. The molecule has 8 nitrogen and oxygen atoms in total. The standard InChI is InChI=1S/C22H29N5O3S/c1-5-27-19(28)17(31-20(27)16(12-23)18-24-9-10-30-18)13-25-14-7-6-8-15(11-14)26-21(29)22(2,3)4/h6-8,11,16-17,20,25H,5,9-10,13H2,1-4H3,(H,26,29)/t16-,17-,20?/m1/s1. The number of carbonyl (C=O) groups excluding carboxylic acids is 2. The van der Waals surface area contributed by atoms with E-state index in [0.717, 1.165) is 5.69 Å². The van der Waals surface area contributed by atoms with Gasteiger partial charge in [0.05, 0.1) is 12.6 Å². The Kier molecular flexibility index (Phi) is 7.11. The second-order valence-electron chi connectivity index (χ2n) is 8.48. The van der Waals surface area contributed by atoms with Crippen LogP contribution in [0.25, 0.3) is 0 Å². The molecular weight excluding hydrogens is 414 g/mol. The van der Waals surface area contributed by atoms with E-state index in [1.807, 2.05) is 52.0 Å². The summed E-state index contributed by atoms with van der Waals surface area (Å²) in [5, 5.41) is 15.3. The van der Waals surface area contributed by atoms with Crippen molar-refractivity contribution < 1.29 is 14.3 Å². The fraction of sp³-hybridized carbons (Fsp3) is 0.545. The fourth-order valence-electron chi connectivity index (χ4n) is 3.36. The van der Waals surface area contributed by atoms with E-state index in [-0.39, 0.29) is 22.4 Å². The molecule has 0 saturated carbocycles. The second-order valence-corrected chi connectivity index (χ2v) is 9.80. The highest BCUT2D eigenvalue weighted by Gasteiger charge is 2.45. The van der Waals surface area contributed by atoms with E-state index in [1.165, 1.54) is 11.8 Å². The third kappa shape index (κ3) is 5.31. The lowest BCUT2D eigenvalue weighted by Crippen LogP contribution is -2.41. The molecule has 2 aliphatic rings. The van der Waals surface area contributed by atoms with E-state index in [2.05, 4.69) is 21.7 Å². The Balaban J connectivity index is 1.65. The Hall–Kier alpha value is -2.73. The van der Waals surface area contributed by atoms with Gasteiger partial charge in [0.25, 0.3) is 0 Å². The monoisotopic (exact) mass is 443 g/mol. The summed E-state index contributed by atoms with van der Waals surface area (Å²) in [5.74, 6) is -0.201. The van der Waals surface area contributed by atoms with Crippen LogP contribution >= 0.6 is 11.8 Å². The van der Waals surface area contributed by atoms with E-state index in [0.29, 0.717) is 37.8 Å². The number of thioether (sulfide) groups is 1. The van der Waals surface area contributed by atoms with Crippen molar-refractivity contribution in [1.29, 1.82) is 5.26 Å². The quantitative estimate of drug-likeness (QED) is 0.671. The van der Waals surface area contributed by atoms with Crippen LogP contribution in [0.3, 0.4) is 0 Å². The number of nitrogens with one attached hydrogen (secondary N) is 2. The second kappa shape index (κ2) is 9.60. The Morgan fingerprint density at radius 1 is 1.42 bits per heavy atom. The number of nitriles is 1. The van der Waals surface area contributed by atoms with Gasteiger partial charge in [0.15, 0.2) is 5.92 Å². The molecule has 0 bridgehead atoms. The number of amides is 2. The minimum atomic E-state index is -0.572. The van der Waals surface area contributed by atoms with Gasteiger partial charge in [0, 0.05) is 29.9 Å². The van der Waals surface area contributed by atoms with Gasteiger partial charge in [-0.15, -0.1) is 11.8 Å². The van der Waals surface area contributed by atoms with Crippen LogP contribution in [0.2, 0.25) is 0 Å². The van der Waals surface area contributed by atoms with Crippen molar-refractivity contribution >= 4 is 40.8 Å². The minimum absolute atomic E-state index is 0.000960. The highest BCUT2D eigenvalue weighted by Crippen LogP contribution is 2.37. The van der Waals surface area contributed by atoms with Crippen molar-refractivity contribution in [1.82, 2.24) is 4.90 Å². The molecule has 1 aromatic rings. The number of benzene rings is 1. The topological polar surface area (TPSA) is 107 Å². The van der Waals surface area contributed by atoms with Crippen LogP contribution in [-0.4, -0.2) is 59.5 Å². The predicted molar refractivity (Wildman–Crippen MR) is 123 cm³/mol. The van der Waals surface area contributed by atoms with Gasteiger partial charge in [0.2, 0.25) is 17.7 Å². The highest BCUT2D eigenvalue weighted by molar-refractivity contribution is 8.01. The molecule has 0 spiro atoms. The van der Waals surface area contributed by atoms with Crippen LogP contribution in [0.1, 0.15) is 27.7 Å². The van der Waals surface area contributed by atoms with Gasteiger partial charge in [-0.3, -0.25) is 14.6 Å². The molecule has 2 aliphatic heterocycles. The molecule has 2 heterocycles. The van der Waals surface area contributed by atoms with E-state index in [1.54, 1.807) is 4.90 Å². The van der Waals surface area contributed by atoms with Crippen LogP contribution in [-0.2, 0) is 14.3 Å². The SMILES string of the molecule is CCN1C(=O)[C@@H](CNc2cccc(NC(=O)C(C)(C)C)c2)SC1[C@H](C#N)C1=NCCO1. The van der Waals surface area contributed by atoms with Crippen LogP contribution in [0, 0.1) is 22.7 Å². The maximum atomic E-state index is 12.9. The first-order chi connectivity index (χ1) is 14.7. The molecule has 9 heteroatoms. The first kappa shape index (κ1) is 22.9. The summed E-state index contributed by atoms with van der Waals surface area (Å²) in [4.78, 5) is 31.2. The number of carbonyl (C=O) groups is 2. The molecule has 1 fully saturated rings. The third-order valence-electron chi connectivity index (χ3n) is 5.10. The molecule has 2 amide bonds. The van der Waals surface area contributed by atoms with Crippen LogP contribution in [0.4, 0.5) is 11.4 Å². The lowest BCUT2D eigenvalue weighted by atomic mass is 9.95. The molecule has 1 unspecified atom stereocenters. The van der Waals surface area contributed by atoms with E-state index < -0.39 is 11.3 Å². The van der Waals surface area contributed by atoms with Gasteiger partial charge in [-0.25, -0.2) is 0 Å². The average Bonchev–Trinajstić information content (AvgIpc) is 3.35. The Labute approximate surface area is 187 Å². The van der Waals surface area contributed by atoms with Gasteiger partial charge in [-0.05, 0) is 25.1 Å². The first-order valence-corrected chi connectivity index (χ1v) is 11.4. The number of anilines is 2. The maximum Gasteiger partial charge on any atom is 0.238 e. The zero-order chi connectivity index (χ0) is 22.6. The maximum absolute atomic E-state index is 12.9. The summed E-state index contributed by atoms with van der Waals surface area (Å²) in [6.07, 6.45) is 0. The number of ether oxygens (including phenoxy) is 1. The third-order valence-corrected chi connectivity index (χ3v) is 6.60. The molecule has 3 rings (SSSR count). The molecule has 0 aromatic heterocycles. The molecule has 1 aromatic carbocycles. The van der Waals surface area contributed by atoms with Crippen molar-refractivity contribution in [3.05, 3.63) is 24.3 Å². The van der Waals surface area contributed by atoms with Crippen molar-refractivity contribution in [3.63, 3.8) is 0 Å². The zero-order valence-corrected chi connectivity index (χ0v) is 19.2.